The molecule has 0 aliphatic carbocycles. The van der Waals surface area contributed by atoms with Crippen LogP contribution in [0.4, 0.5) is 0 Å². The van der Waals surface area contributed by atoms with E-state index in [0.717, 1.165) is 5.92 Å². The Balaban J connectivity index is 1.98. The third-order valence-corrected chi connectivity index (χ3v) is 4.68. The van der Waals surface area contributed by atoms with E-state index >= 15 is 0 Å². The van der Waals surface area contributed by atoms with Crippen molar-refractivity contribution in [3.8, 4) is 0 Å². The van der Waals surface area contributed by atoms with Gasteiger partial charge in [-0.2, -0.15) is 0 Å². The van der Waals surface area contributed by atoms with Crippen LogP contribution in [-0.4, -0.2) is 13.1 Å². The predicted molar refractivity (Wildman–Crippen MR) is 71.2 cm³/mol. The summed E-state index contributed by atoms with van der Waals surface area (Å²) in [5, 5.41) is 4.94. The van der Waals surface area contributed by atoms with Crippen LogP contribution in [0.1, 0.15) is 16.9 Å². The molecule has 1 aromatic heterocycles. The average molecular weight is 231 g/mol. The van der Waals surface area contributed by atoms with Crippen molar-refractivity contribution >= 4 is 21.4 Å². The Bertz CT molecular complexity index is 494. The van der Waals surface area contributed by atoms with Gasteiger partial charge in [0, 0.05) is 9.58 Å². The molecule has 1 nitrogen and oxygen atoms in total. The summed E-state index contributed by atoms with van der Waals surface area (Å²) < 4.78 is 1.45. The Morgan fingerprint density at radius 3 is 3.06 bits per heavy atom. The molecule has 1 unspecified atom stereocenters. The largest absolute Gasteiger partial charge is 0.316 e. The Hall–Kier alpha value is -0.860. The lowest BCUT2D eigenvalue weighted by atomic mass is 9.97. The second-order valence-corrected chi connectivity index (χ2v) is 5.95. The first-order valence-electron chi connectivity index (χ1n) is 6.02. The standard InChI is InChI=1S/C14H17NS/c1-10-13(8-11-6-7-15-9-11)12-4-2-3-5-14(12)16-10/h2-5,11,15H,6-9H2,1H3. The Morgan fingerprint density at radius 1 is 1.38 bits per heavy atom. The van der Waals surface area contributed by atoms with Crippen LogP contribution in [0.25, 0.3) is 10.1 Å². The maximum Gasteiger partial charge on any atom is 0.0348 e. The van der Waals surface area contributed by atoms with Crippen LogP contribution in [0.3, 0.4) is 0 Å². The van der Waals surface area contributed by atoms with Crippen molar-refractivity contribution in [2.45, 2.75) is 19.8 Å². The molecule has 0 saturated carbocycles. The summed E-state index contributed by atoms with van der Waals surface area (Å²) >= 11 is 1.94. The highest BCUT2D eigenvalue weighted by atomic mass is 32.1. The second kappa shape index (κ2) is 4.19. The summed E-state index contributed by atoms with van der Waals surface area (Å²) in [4.78, 5) is 1.51. The van der Waals surface area contributed by atoms with Gasteiger partial charge in [0.25, 0.3) is 0 Å². The van der Waals surface area contributed by atoms with E-state index in [1.807, 2.05) is 11.3 Å². The fraction of sp³-hybridized carbons (Fsp3) is 0.429. The molecule has 0 spiro atoms. The summed E-state index contributed by atoms with van der Waals surface area (Å²) in [6.45, 7) is 4.66. The summed E-state index contributed by atoms with van der Waals surface area (Å²) in [6, 6.07) is 8.81. The maximum absolute atomic E-state index is 3.46. The molecule has 3 rings (SSSR count). The Morgan fingerprint density at radius 2 is 2.25 bits per heavy atom. The third-order valence-electron chi connectivity index (χ3n) is 3.56. The van der Waals surface area contributed by atoms with E-state index in [4.69, 9.17) is 0 Å². The van der Waals surface area contributed by atoms with Crippen LogP contribution in [0.5, 0.6) is 0 Å². The van der Waals surface area contributed by atoms with Crippen LogP contribution >= 0.6 is 11.3 Å². The summed E-state index contributed by atoms with van der Waals surface area (Å²) in [7, 11) is 0. The molecule has 0 bridgehead atoms. The number of benzene rings is 1. The molecule has 2 heteroatoms. The first-order chi connectivity index (χ1) is 7.84. The van der Waals surface area contributed by atoms with Crippen LogP contribution < -0.4 is 5.32 Å². The summed E-state index contributed by atoms with van der Waals surface area (Å²) in [5.74, 6) is 0.844. The molecule has 2 aromatic rings. The van der Waals surface area contributed by atoms with Gasteiger partial charge in [-0.15, -0.1) is 11.3 Å². The van der Waals surface area contributed by atoms with Crippen molar-refractivity contribution in [1.29, 1.82) is 0 Å². The zero-order valence-electron chi connectivity index (χ0n) is 9.62. The first kappa shape index (κ1) is 10.3. The number of thiophene rings is 1. The molecule has 1 aromatic carbocycles. The highest BCUT2D eigenvalue weighted by molar-refractivity contribution is 7.19. The fourth-order valence-corrected chi connectivity index (χ4v) is 3.75. The lowest BCUT2D eigenvalue weighted by molar-refractivity contribution is 0.582. The molecule has 1 atom stereocenters. The van der Waals surface area contributed by atoms with Crippen LogP contribution in [0.2, 0.25) is 0 Å². The maximum atomic E-state index is 3.46. The molecule has 84 valence electrons. The topological polar surface area (TPSA) is 12.0 Å². The molecule has 1 N–H and O–H groups in total. The quantitative estimate of drug-likeness (QED) is 0.835. The monoisotopic (exact) mass is 231 g/mol. The first-order valence-corrected chi connectivity index (χ1v) is 6.84. The minimum atomic E-state index is 0.844. The van der Waals surface area contributed by atoms with Gasteiger partial charge in [0.15, 0.2) is 0 Å². The average Bonchev–Trinajstić information content (AvgIpc) is 2.89. The van der Waals surface area contributed by atoms with Crippen LogP contribution in [0.15, 0.2) is 24.3 Å². The Labute approximate surface area is 100 Å². The van der Waals surface area contributed by atoms with Crippen LogP contribution in [0, 0.1) is 12.8 Å². The van der Waals surface area contributed by atoms with Crippen molar-refractivity contribution in [2.24, 2.45) is 5.92 Å². The number of nitrogens with one attached hydrogen (secondary N) is 1. The van der Waals surface area contributed by atoms with Gasteiger partial charge in [0.1, 0.15) is 0 Å². The van der Waals surface area contributed by atoms with E-state index in [0.29, 0.717) is 0 Å². The van der Waals surface area contributed by atoms with Gasteiger partial charge in [0.05, 0.1) is 0 Å². The summed E-state index contributed by atoms with van der Waals surface area (Å²) in [5.41, 5.74) is 1.59. The molecular weight excluding hydrogens is 214 g/mol. The minimum absolute atomic E-state index is 0.844. The molecule has 1 aliphatic rings. The fourth-order valence-electron chi connectivity index (χ4n) is 2.65. The smallest absolute Gasteiger partial charge is 0.0348 e. The van der Waals surface area contributed by atoms with Gasteiger partial charge in [-0.3, -0.25) is 0 Å². The van der Waals surface area contributed by atoms with E-state index in [2.05, 4.69) is 36.5 Å². The predicted octanol–water partition coefficient (Wildman–Crippen LogP) is 3.36. The molecule has 16 heavy (non-hydrogen) atoms. The lowest BCUT2D eigenvalue weighted by Crippen LogP contribution is -2.10. The van der Waals surface area contributed by atoms with Crippen molar-refractivity contribution < 1.29 is 0 Å². The van der Waals surface area contributed by atoms with E-state index < -0.39 is 0 Å². The van der Waals surface area contributed by atoms with E-state index in [1.54, 1.807) is 5.56 Å². The van der Waals surface area contributed by atoms with Crippen molar-refractivity contribution in [1.82, 2.24) is 5.32 Å². The zero-order valence-corrected chi connectivity index (χ0v) is 10.4. The highest BCUT2D eigenvalue weighted by Gasteiger charge is 2.18. The van der Waals surface area contributed by atoms with Crippen molar-refractivity contribution in [2.75, 3.05) is 13.1 Å². The molecule has 0 amide bonds. The Kier molecular flexibility index (Phi) is 2.70. The van der Waals surface area contributed by atoms with Gasteiger partial charge in [-0.1, -0.05) is 18.2 Å². The minimum Gasteiger partial charge on any atom is -0.316 e. The van der Waals surface area contributed by atoms with E-state index in [-0.39, 0.29) is 0 Å². The zero-order chi connectivity index (χ0) is 11.0. The molecule has 1 saturated heterocycles. The normalized spacial score (nSPS) is 20.7. The number of fused-ring (bicyclic) bond motifs is 1. The molecule has 0 radical (unpaired) electrons. The SMILES string of the molecule is Cc1sc2ccccc2c1CC1CCNC1. The third kappa shape index (κ3) is 1.76. The van der Waals surface area contributed by atoms with Gasteiger partial charge < -0.3 is 5.32 Å². The van der Waals surface area contributed by atoms with E-state index in [9.17, 15) is 0 Å². The van der Waals surface area contributed by atoms with Gasteiger partial charge in [-0.05, 0) is 55.8 Å². The molecule has 1 fully saturated rings. The summed E-state index contributed by atoms with van der Waals surface area (Å²) in [6.07, 6.45) is 2.59. The van der Waals surface area contributed by atoms with Crippen molar-refractivity contribution in [3.63, 3.8) is 0 Å². The second-order valence-electron chi connectivity index (χ2n) is 4.70. The number of rotatable bonds is 2. The number of aryl methyl sites for hydroxylation is 1. The van der Waals surface area contributed by atoms with Gasteiger partial charge in [0.2, 0.25) is 0 Å². The molecule has 1 aliphatic heterocycles. The lowest BCUT2D eigenvalue weighted by Gasteiger charge is -2.08. The molecule has 2 heterocycles. The number of hydrogen-bond acceptors (Lipinski definition) is 2. The molecular formula is C14H17NS. The van der Waals surface area contributed by atoms with Gasteiger partial charge in [-0.25, -0.2) is 0 Å². The highest BCUT2D eigenvalue weighted by Crippen LogP contribution is 2.33. The van der Waals surface area contributed by atoms with Crippen molar-refractivity contribution in [3.05, 3.63) is 34.7 Å². The van der Waals surface area contributed by atoms with Gasteiger partial charge >= 0.3 is 0 Å². The number of hydrogen-bond donors (Lipinski definition) is 1. The van der Waals surface area contributed by atoms with Crippen LogP contribution in [-0.2, 0) is 6.42 Å². The van der Waals surface area contributed by atoms with E-state index in [1.165, 1.54) is 40.9 Å².